The quantitative estimate of drug-likeness (QED) is 0.320. The highest BCUT2D eigenvalue weighted by Crippen LogP contribution is 2.27. The summed E-state index contributed by atoms with van der Waals surface area (Å²) in [6, 6.07) is 13.1. The smallest absolute Gasteiger partial charge is 0.316 e. The van der Waals surface area contributed by atoms with Gasteiger partial charge < -0.3 is 4.74 Å². The average molecular weight is 422 g/mol. The maximum atomic E-state index is 13.1. The number of aromatic nitrogens is 2. The van der Waals surface area contributed by atoms with Crippen LogP contribution in [0.3, 0.4) is 0 Å². The highest BCUT2D eigenvalue weighted by molar-refractivity contribution is 8.00. The molecular formula is C19H16F2N2O3S2. The molecule has 0 spiro atoms. The fourth-order valence-electron chi connectivity index (χ4n) is 2.54. The summed E-state index contributed by atoms with van der Waals surface area (Å²) in [4.78, 5) is 29.7. The molecule has 3 aromatic rings. The molecule has 0 N–H and O–H groups in total. The SMILES string of the molecule is CCOC(=O)CSc1nc2ccccc2c(=O)n1-c1ccc(SC(F)F)cc1. The van der Waals surface area contributed by atoms with Crippen LogP contribution in [-0.2, 0) is 9.53 Å². The van der Waals surface area contributed by atoms with E-state index in [1.165, 1.54) is 16.7 Å². The Morgan fingerprint density at radius 3 is 2.57 bits per heavy atom. The van der Waals surface area contributed by atoms with E-state index in [-0.39, 0.29) is 17.9 Å². The number of hydrogen-bond acceptors (Lipinski definition) is 6. The first-order valence-corrected chi connectivity index (χ1v) is 10.2. The number of alkyl halides is 2. The molecule has 146 valence electrons. The van der Waals surface area contributed by atoms with Crippen LogP contribution in [0.2, 0.25) is 0 Å². The molecule has 3 rings (SSSR count). The molecule has 0 unspecified atom stereocenters. The molecule has 0 radical (unpaired) electrons. The van der Waals surface area contributed by atoms with Gasteiger partial charge in [-0.3, -0.25) is 14.2 Å². The summed E-state index contributed by atoms with van der Waals surface area (Å²) in [5.74, 6) is -2.94. The number of rotatable bonds is 7. The molecule has 9 heteroatoms. The van der Waals surface area contributed by atoms with E-state index in [0.29, 0.717) is 38.4 Å². The standard InChI is InChI=1S/C19H16F2N2O3S2/c1-2-26-16(24)11-27-19-22-15-6-4-3-5-14(15)17(25)23(19)12-7-9-13(10-8-12)28-18(20)21/h3-10,18H,2,11H2,1H3. The Kier molecular flexibility index (Phi) is 6.69. The summed E-state index contributed by atoms with van der Waals surface area (Å²) in [5, 5.41) is 0.750. The molecule has 0 atom stereocenters. The summed E-state index contributed by atoms with van der Waals surface area (Å²) < 4.78 is 31.4. The van der Waals surface area contributed by atoms with Crippen LogP contribution in [-0.4, -0.2) is 33.6 Å². The second-order valence-corrected chi connectivity index (χ2v) is 7.52. The third-order valence-corrected chi connectivity index (χ3v) is 5.32. The third-order valence-electron chi connectivity index (χ3n) is 3.69. The lowest BCUT2D eigenvalue weighted by Gasteiger charge is -2.13. The molecule has 5 nitrogen and oxygen atoms in total. The molecule has 0 fully saturated rings. The predicted octanol–water partition coefficient (Wildman–Crippen LogP) is 4.36. The van der Waals surface area contributed by atoms with Crippen molar-refractivity contribution in [3.05, 3.63) is 58.9 Å². The van der Waals surface area contributed by atoms with Crippen LogP contribution < -0.4 is 5.56 Å². The van der Waals surface area contributed by atoms with Crippen LogP contribution in [0.1, 0.15) is 6.92 Å². The van der Waals surface area contributed by atoms with Crippen molar-refractivity contribution in [2.75, 3.05) is 12.4 Å². The van der Waals surface area contributed by atoms with Crippen LogP contribution in [0.4, 0.5) is 8.78 Å². The Hall–Kier alpha value is -2.39. The molecule has 0 aliphatic rings. The van der Waals surface area contributed by atoms with Gasteiger partial charge in [-0.05, 0) is 43.3 Å². The number of para-hydroxylation sites is 1. The molecule has 0 aliphatic heterocycles. The summed E-state index contributed by atoms with van der Waals surface area (Å²) in [7, 11) is 0. The molecule has 0 saturated carbocycles. The fraction of sp³-hybridized carbons (Fsp3) is 0.211. The number of fused-ring (bicyclic) bond motifs is 1. The second-order valence-electron chi connectivity index (χ2n) is 5.52. The fourth-order valence-corrected chi connectivity index (χ4v) is 3.85. The predicted molar refractivity (Wildman–Crippen MR) is 107 cm³/mol. The lowest BCUT2D eigenvalue weighted by molar-refractivity contribution is -0.139. The first-order valence-electron chi connectivity index (χ1n) is 8.35. The molecule has 0 saturated heterocycles. The first-order chi connectivity index (χ1) is 13.5. The Balaban J connectivity index is 2.05. The minimum absolute atomic E-state index is 0.00205. The number of esters is 1. The Morgan fingerprint density at radius 2 is 1.89 bits per heavy atom. The van der Waals surface area contributed by atoms with Gasteiger partial charge in [0.25, 0.3) is 11.3 Å². The van der Waals surface area contributed by atoms with E-state index in [1.807, 2.05) is 0 Å². The Morgan fingerprint density at radius 1 is 1.18 bits per heavy atom. The van der Waals surface area contributed by atoms with Crippen LogP contribution in [0.25, 0.3) is 16.6 Å². The number of benzene rings is 2. The zero-order valence-corrected chi connectivity index (χ0v) is 16.4. The molecule has 28 heavy (non-hydrogen) atoms. The molecule has 1 heterocycles. The van der Waals surface area contributed by atoms with Gasteiger partial charge in [0.1, 0.15) is 0 Å². The van der Waals surface area contributed by atoms with E-state index in [4.69, 9.17) is 4.74 Å². The summed E-state index contributed by atoms with van der Waals surface area (Å²) in [6.07, 6.45) is 0. The zero-order chi connectivity index (χ0) is 20.1. The second kappa shape index (κ2) is 9.20. The van der Waals surface area contributed by atoms with Gasteiger partial charge in [-0.25, -0.2) is 4.98 Å². The van der Waals surface area contributed by atoms with Crippen molar-refractivity contribution < 1.29 is 18.3 Å². The van der Waals surface area contributed by atoms with Gasteiger partial charge >= 0.3 is 5.97 Å². The highest BCUT2D eigenvalue weighted by Gasteiger charge is 2.15. The van der Waals surface area contributed by atoms with Crippen molar-refractivity contribution in [2.24, 2.45) is 0 Å². The molecule has 0 aliphatic carbocycles. The van der Waals surface area contributed by atoms with Crippen molar-refractivity contribution in [3.63, 3.8) is 0 Å². The van der Waals surface area contributed by atoms with Crippen molar-refractivity contribution in [3.8, 4) is 5.69 Å². The molecule has 0 amide bonds. The summed E-state index contributed by atoms with van der Waals surface area (Å²) >= 11 is 1.52. The van der Waals surface area contributed by atoms with Gasteiger partial charge in [0.2, 0.25) is 0 Å². The maximum absolute atomic E-state index is 13.1. The number of halogens is 2. The lowest BCUT2D eigenvalue weighted by Crippen LogP contribution is -2.22. The van der Waals surface area contributed by atoms with E-state index >= 15 is 0 Å². The van der Waals surface area contributed by atoms with Crippen molar-refractivity contribution >= 4 is 40.4 Å². The number of carbonyl (C=O) groups is 1. The van der Waals surface area contributed by atoms with Gasteiger partial charge in [-0.2, -0.15) is 8.78 Å². The van der Waals surface area contributed by atoms with Crippen molar-refractivity contribution in [1.29, 1.82) is 0 Å². The number of hydrogen-bond donors (Lipinski definition) is 0. The Labute approximate surface area is 168 Å². The third kappa shape index (κ3) is 4.71. The van der Waals surface area contributed by atoms with Gasteiger partial charge in [0.15, 0.2) is 5.16 Å². The molecule has 2 aromatic carbocycles. The minimum Gasteiger partial charge on any atom is -0.465 e. The number of thioether (sulfide) groups is 2. The van der Waals surface area contributed by atoms with Gasteiger partial charge in [0, 0.05) is 4.90 Å². The highest BCUT2D eigenvalue weighted by atomic mass is 32.2. The molecular weight excluding hydrogens is 406 g/mol. The normalized spacial score (nSPS) is 11.1. The van der Waals surface area contributed by atoms with E-state index in [1.54, 1.807) is 43.3 Å². The summed E-state index contributed by atoms with van der Waals surface area (Å²) in [6.45, 7) is 1.98. The van der Waals surface area contributed by atoms with E-state index in [0.717, 1.165) is 11.8 Å². The number of nitrogens with zero attached hydrogens (tertiary/aromatic N) is 2. The van der Waals surface area contributed by atoms with Crippen LogP contribution in [0.5, 0.6) is 0 Å². The topological polar surface area (TPSA) is 61.2 Å². The number of carbonyl (C=O) groups excluding carboxylic acids is 1. The average Bonchev–Trinajstić information content (AvgIpc) is 2.67. The van der Waals surface area contributed by atoms with Crippen molar-refractivity contribution in [2.45, 2.75) is 22.7 Å². The van der Waals surface area contributed by atoms with Gasteiger partial charge in [0.05, 0.1) is 29.0 Å². The van der Waals surface area contributed by atoms with E-state index in [9.17, 15) is 18.4 Å². The molecule has 0 bridgehead atoms. The summed E-state index contributed by atoms with van der Waals surface area (Å²) in [5.41, 5.74) is 0.694. The van der Waals surface area contributed by atoms with E-state index in [2.05, 4.69) is 4.98 Å². The maximum Gasteiger partial charge on any atom is 0.316 e. The Bertz CT molecular complexity index is 1040. The van der Waals surface area contributed by atoms with Crippen LogP contribution >= 0.6 is 23.5 Å². The minimum atomic E-state index is -2.52. The lowest BCUT2D eigenvalue weighted by atomic mass is 10.2. The van der Waals surface area contributed by atoms with Gasteiger partial charge in [-0.15, -0.1) is 0 Å². The number of ether oxygens (including phenoxy) is 1. The largest absolute Gasteiger partial charge is 0.465 e. The van der Waals surface area contributed by atoms with Crippen LogP contribution in [0, 0.1) is 0 Å². The van der Waals surface area contributed by atoms with E-state index < -0.39 is 11.7 Å². The zero-order valence-electron chi connectivity index (χ0n) is 14.8. The monoisotopic (exact) mass is 422 g/mol. The van der Waals surface area contributed by atoms with Gasteiger partial charge in [-0.1, -0.05) is 35.7 Å². The van der Waals surface area contributed by atoms with Crippen LogP contribution in [0.15, 0.2) is 63.4 Å². The molecule has 1 aromatic heterocycles. The van der Waals surface area contributed by atoms with Crippen molar-refractivity contribution in [1.82, 2.24) is 9.55 Å². The first kappa shape index (κ1) is 20.3.